The molecule has 0 amide bonds. The van der Waals surface area contributed by atoms with Crippen molar-refractivity contribution in [1.29, 1.82) is 0 Å². The average molecular weight is 310 g/mol. The molecule has 2 aromatic carbocycles. The normalized spacial score (nSPS) is 13.0. The van der Waals surface area contributed by atoms with E-state index in [1.54, 1.807) is 7.11 Å². The summed E-state index contributed by atoms with van der Waals surface area (Å²) in [6.07, 6.45) is 0. The number of hydrogen-bond donors (Lipinski definition) is 4. The molecular weight excluding hydrogens is 296 g/mol. The molecular formula is C16H14N4OS. The second-order valence-corrected chi connectivity index (χ2v) is 5.44. The maximum absolute atomic E-state index is 5.23. The number of methoxy groups -OCH3 is 1. The Labute approximate surface area is 132 Å². The third kappa shape index (κ3) is 1.96. The lowest BCUT2D eigenvalue weighted by atomic mass is 10.0. The van der Waals surface area contributed by atoms with E-state index in [1.165, 1.54) is 0 Å². The lowest BCUT2D eigenvalue weighted by Gasteiger charge is -2.19. The number of fused-ring (bicyclic) bond motifs is 3. The zero-order valence-electron chi connectivity index (χ0n) is 11.9. The molecule has 1 aliphatic heterocycles. The summed E-state index contributed by atoms with van der Waals surface area (Å²) in [5.74, 6) is 1.72. The molecule has 0 atom stereocenters. The van der Waals surface area contributed by atoms with Crippen LogP contribution >= 0.6 is 12.2 Å². The lowest BCUT2D eigenvalue weighted by molar-refractivity contribution is 0.415. The number of H-pyrrole nitrogens is 1. The Kier molecular flexibility index (Phi) is 2.90. The minimum atomic E-state index is 0.546. The zero-order valence-corrected chi connectivity index (χ0v) is 12.7. The summed E-state index contributed by atoms with van der Waals surface area (Å²) in [4.78, 5) is 3.35. The highest BCUT2D eigenvalue weighted by atomic mass is 32.1. The predicted octanol–water partition coefficient (Wildman–Crippen LogP) is 3.47. The van der Waals surface area contributed by atoms with E-state index < -0.39 is 0 Å². The monoisotopic (exact) mass is 310 g/mol. The summed E-state index contributed by atoms with van der Waals surface area (Å²) in [7, 11) is 1.67. The van der Waals surface area contributed by atoms with Gasteiger partial charge < -0.3 is 15.0 Å². The topological polar surface area (TPSA) is 61.1 Å². The molecule has 6 heteroatoms. The maximum Gasteiger partial charge on any atom is 0.190 e. The van der Waals surface area contributed by atoms with E-state index in [0.29, 0.717) is 5.11 Å². The van der Waals surface area contributed by atoms with Crippen LogP contribution < -0.4 is 20.9 Å². The largest absolute Gasteiger partial charge is 0.497 e. The fraction of sp³-hybridized carbons (Fsp3) is 0.0625. The van der Waals surface area contributed by atoms with Gasteiger partial charge in [-0.2, -0.15) is 0 Å². The fourth-order valence-electron chi connectivity index (χ4n) is 2.74. The van der Waals surface area contributed by atoms with Crippen LogP contribution in [-0.4, -0.2) is 17.2 Å². The molecule has 2 heterocycles. The van der Waals surface area contributed by atoms with Gasteiger partial charge in [-0.1, -0.05) is 24.3 Å². The molecule has 4 N–H and O–H groups in total. The van der Waals surface area contributed by atoms with Crippen LogP contribution in [0, 0.1) is 0 Å². The summed E-state index contributed by atoms with van der Waals surface area (Å²) >= 11 is 5.12. The van der Waals surface area contributed by atoms with E-state index >= 15 is 0 Å². The van der Waals surface area contributed by atoms with Crippen molar-refractivity contribution in [2.45, 2.75) is 0 Å². The fourth-order valence-corrected chi connectivity index (χ4v) is 2.90. The number of hydrogen-bond acceptors (Lipinski definition) is 3. The van der Waals surface area contributed by atoms with Gasteiger partial charge in [0, 0.05) is 10.9 Å². The lowest BCUT2D eigenvalue weighted by Crippen LogP contribution is -2.37. The summed E-state index contributed by atoms with van der Waals surface area (Å²) in [5.41, 5.74) is 10.4. The van der Waals surface area contributed by atoms with Gasteiger partial charge in [-0.05, 0) is 41.5 Å². The molecule has 0 spiro atoms. The molecule has 22 heavy (non-hydrogen) atoms. The van der Waals surface area contributed by atoms with Crippen LogP contribution in [0.2, 0.25) is 0 Å². The number of thiocarbonyl (C=S) groups is 1. The Bertz CT molecular complexity index is 870. The van der Waals surface area contributed by atoms with E-state index in [2.05, 4.69) is 39.4 Å². The van der Waals surface area contributed by atoms with Gasteiger partial charge in [-0.25, -0.2) is 0 Å². The number of hydrazine groups is 1. The van der Waals surface area contributed by atoms with Crippen LogP contribution in [0.15, 0.2) is 42.5 Å². The Morgan fingerprint density at radius 1 is 1.00 bits per heavy atom. The third-order valence-corrected chi connectivity index (χ3v) is 3.97. The number of aromatic amines is 1. The van der Waals surface area contributed by atoms with Gasteiger partial charge >= 0.3 is 0 Å². The number of anilines is 2. The van der Waals surface area contributed by atoms with Crippen molar-refractivity contribution in [3.8, 4) is 16.9 Å². The standard InChI is InChI=1S/C16H14N4OS/c1-21-10-7-5-9(6-8-10)11-3-2-4-12-13(11)14-15(17-12)18-16(22)20-19-14/h2-8,17,19H,1H3,(H2,18,20,22). The molecule has 3 aromatic rings. The van der Waals surface area contributed by atoms with Crippen molar-refractivity contribution in [1.82, 2.24) is 10.4 Å². The van der Waals surface area contributed by atoms with Crippen LogP contribution in [0.1, 0.15) is 0 Å². The Morgan fingerprint density at radius 2 is 1.82 bits per heavy atom. The van der Waals surface area contributed by atoms with Crippen LogP contribution in [0.25, 0.3) is 22.0 Å². The van der Waals surface area contributed by atoms with Crippen molar-refractivity contribution in [3.63, 3.8) is 0 Å². The second-order valence-electron chi connectivity index (χ2n) is 5.04. The first-order valence-corrected chi connectivity index (χ1v) is 7.29. The van der Waals surface area contributed by atoms with Gasteiger partial charge in [0.1, 0.15) is 17.3 Å². The molecule has 0 saturated carbocycles. The highest BCUT2D eigenvalue weighted by molar-refractivity contribution is 7.80. The molecule has 0 saturated heterocycles. The molecule has 4 rings (SSSR count). The number of rotatable bonds is 2. The molecule has 5 nitrogen and oxygen atoms in total. The van der Waals surface area contributed by atoms with Crippen molar-refractivity contribution in [2.24, 2.45) is 0 Å². The molecule has 110 valence electrons. The summed E-state index contributed by atoms with van der Waals surface area (Å²) in [6.45, 7) is 0. The number of aromatic nitrogens is 1. The summed E-state index contributed by atoms with van der Waals surface area (Å²) in [6, 6.07) is 14.2. The second kappa shape index (κ2) is 4.92. The summed E-state index contributed by atoms with van der Waals surface area (Å²) in [5, 5.41) is 4.79. The highest BCUT2D eigenvalue weighted by Crippen LogP contribution is 2.39. The molecule has 1 aliphatic rings. The highest BCUT2D eigenvalue weighted by Gasteiger charge is 2.19. The molecule has 0 aliphatic carbocycles. The third-order valence-electron chi connectivity index (χ3n) is 3.76. The van der Waals surface area contributed by atoms with Crippen molar-refractivity contribution < 1.29 is 4.74 Å². The van der Waals surface area contributed by atoms with E-state index in [9.17, 15) is 0 Å². The van der Waals surface area contributed by atoms with Crippen molar-refractivity contribution in [2.75, 3.05) is 17.9 Å². The Morgan fingerprint density at radius 3 is 2.59 bits per heavy atom. The molecule has 0 unspecified atom stereocenters. The maximum atomic E-state index is 5.23. The van der Waals surface area contributed by atoms with Gasteiger partial charge in [0.15, 0.2) is 5.11 Å². The minimum absolute atomic E-state index is 0.546. The number of ether oxygens (including phenoxy) is 1. The van der Waals surface area contributed by atoms with E-state index in [4.69, 9.17) is 17.0 Å². The minimum Gasteiger partial charge on any atom is -0.497 e. The zero-order chi connectivity index (χ0) is 15.1. The predicted molar refractivity (Wildman–Crippen MR) is 93.3 cm³/mol. The van der Waals surface area contributed by atoms with Crippen molar-refractivity contribution in [3.05, 3.63) is 42.5 Å². The van der Waals surface area contributed by atoms with Gasteiger partial charge in [0.25, 0.3) is 0 Å². The van der Waals surface area contributed by atoms with Crippen LogP contribution in [0.5, 0.6) is 5.75 Å². The first-order valence-electron chi connectivity index (χ1n) is 6.88. The molecule has 0 bridgehead atoms. The van der Waals surface area contributed by atoms with Crippen molar-refractivity contribution >= 4 is 39.7 Å². The SMILES string of the molecule is COc1ccc(-c2cccc3[nH]c4c(c23)NNC(=S)N4)cc1. The molecule has 0 fully saturated rings. The number of nitrogens with one attached hydrogen (secondary N) is 4. The molecule has 1 aromatic heterocycles. The summed E-state index contributed by atoms with van der Waals surface area (Å²) < 4.78 is 5.23. The van der Waals surface area contributed by atoms with Crippen LogP contribution in [0.3, 0.4) is 0 Å². The first kappa shape index (κ1) is 13.0. The Balaban J connectivity index is 1.92. The van der Waals surface area contributed by atoms with E-state index in [1.807, 2.05) is 24.3 Å². The van der Waals surface area contributed by atoms with Gasteiger partial charge in [-0.3, -0.25) is 10.9 Å². The van der Waals surface area contributed by atoms with Crippen LogP contribution in [0.4, 0.5) is 11.5 Å². The first-order chi connectivity index (χ1) is 10.8. The smallest absolute Gasteiger partial charge is 0.190 e. The average Bonchev–Trinajstić information content (AvgIpc) is 2.92. The number of benzene rings is 2. The Hall–Kier alpha value is -2.73. The van der Waals surface area contributed by atoms with E-state index in [-0.39, 0.29) is 0 Å². The van der Waals surface area contributed by atoms with Gasteiger partial charge in [-0.15, -0.1) is 0 Å². The molecule has 0 radical (unpaired) electrons. The van der Waals surface area contributed by atoms with Gasteiger partial charge in [0.05, 0.1) is 7.11 Å². The quantitative estimate of drug-likeness (QED) is 0.546. The van der Waals surface area contributed by atoms with Crippen LogP contribution in [-0.2, 0) is 0 Å². The van der Waals surface area contributed by atoms with Gasteiger partial charge in [0.2, 0.25) is 0 Å². The van der Waals surface area contributed by atoms with E-state index in [0.717, 1.165) is 39.3 Å².